The van der Waals surface area contributed by atoms with Crippen molar-refractivity contribution < 1.29 is 24.2 Å². The lowest BCUT2D eigenvalue weighted by Gasteiger charge is -2.45. The van der Waals surface area contributed by atoms with Gasteiger partial charge in [-0.05, 0) is 43.6 Å². The third-order valence-corrected chi connectivity index (χ3v) is 6.59. The lowest BCUT2D eigenvalue weighted by atomic mass is 10.00. The van der Waals surface area contributed by atoms with Gasteiger partial charge in [-0.25, -0.2) is 14.8 Å². The Kier molecular flexibility index (Phi) is 9.33. The van der Waals surface area contributed by atoms with Crippen molar-refractivity contribution in [3.05, 3.63) is 47.0 Å². The number of carbonyl (C=O) groups is 3. The molecule has 2 amide bonds. The molecule has 0 bridgehead atoms. The number of esters is 1. The lowest BCUT2D eigenvalue weighted by Crippen LogP contribution is -2.61. The van der Waals surface area contributed by atoms with Crippen molar-refractivity contribution in [2.75, 3.05) is 0 Å². The van der Waals surface area contributed by atoms with Crippen molar-refractivity contribution in [3.8, 4) is 0 Å². The summed E-state index contributed by atoms with van der Waals surface area (Å²) in [6.07, 6.45) is -1.36. The fourth-order valence-electron chi connectivity index (χ4n) is 3.61. The number of nitrogens with zero attached hydrogens (tertiary/aromatic N) is 2. The molecule has 8 heteroatoms. The number of hydrogen-bond acceptors (Lipinski definition) is 6. The monoisotopic (exact) mass is 462 g/mol. The standard InChI is InChI=1S/C24H34N2O5S/c1-7-19-14-32-22(15(2)3)23(29)26(19)25(17(6)27)20(13-18-11-9-8-10-12-18)21(28)24(30)31-16(4)5/h8-12,14-16,20-22,28H,7,13H2,1-6H3/t20-,21?,22?/m0/s1. The molecule has 0 aliphatic carbocycles. The summed E-state index contributed by atoms with van der Waals surface area (Å²) in [6, 6.07) is 8.24. The van der Waals surface area contributed by atoms with Crippen LogP contribution in [0.4, 0.5) is 0 Å². The smallest absolute Gasteiger partial charge is 0.337 e. The maximum Gasteiger partial charge on any atom is 0.337 e. The second kappa shape index (κ2) is 11.5. The van der Waals surface area contributed by atoms with E-state index in [1.54, 1.807) is 13.8 Å². The first kappa shape index (κ1) is 25.9. The maximum atomic E-state index is 13.5. The Balaban J connectivity index is 2.55. The van der Waals surface area contributed by atoms with E-state index in [4.69, 9.17) is 4.74 Å². The molecule has 1 heterocycles. The van der Waals surface area contributed by atoms with E-state index in [9.17, 15) is 19.5 Å². The van der Waals surface area contributed by atoms with E-state index < -0.39 is 30.1 Å². The molecule has 0 saturated heterocycles. The molecule has 3 atom stereocenters. The molecule has 1 aliphatic rings. The molecule has 2 unspecified atom stereocenters. The number of aliphatic hydroxyl groups excluding tert-OH is 1. The van der Waals surface area contributed by atoms with Crippen LogP contribution in [0.2, 0.25) is 0 Å². The summed E-state index contributed by atoms with van der Waals surface area (Å²) < 4.78 is 5.24. The summed E-state index contributed by atoms with van der Waals surface area (Å²) in [7, 11) is 0. The van der Waals surface area contributed by atoms with Crippen LogP contribution < -0.4 is 0 Å². The Morgan fingerprint density at radius 1 is 1.19 bits per heavy atom. The number of amides is 2. The molecule has 1 aromatic carbocycles. The molecule has 1 aliphatic heterocycles. The van der Waals surface area contributed by atoms with Gasteiger partial charge in [0.05, 0.1) is 17.4 Å². The number of ether oxygens (including phenoxy) is 1. The largest absolute Gasteiger partial charge is 0.461 e. The Bertz CT molecular complexity index is 840. The van der Waals surface area contributed by atoms with Gasteiger partial charge in [0.25, 0.3) is 5.91 Å². The highest BCUT2D eigenvalue weighted by Gasteiger charge is 2.43. The predicted molar refractivity (Wildman–Crippen MR) is 125 cm³/mol. The summed E-state index contributed by atoms with van der Waals surface area (Å²) in [5.74, 6) is -1.46. The molecule has 0 aromatic heterocycles. The van der Waals surface area contributed by atoms with E-state index in [0.29, 0.717) is 12.1 Å². The summed E-state index contributed by atoms with van der Waals surface area (Å²) in [5.41, 5.74) is 1.47. The van der Waals surface area contributed by atoms with Crippen LogP contribution in [-0.2, 0) is 25.5 Å². The second-order valence-corrected chi connectivity index (χ2v) is 9.48. The van der Waals surface area contributed by atoms with Gasteiger partial charge in [0, 0.05) is 12.6 Å². The lowest BCUT2D eigenvalue weighted by molar-refractivity contribution is -0.178. The van der Waals surface area contributed by atoms with E-state index in [1.165, 1.54) is 28.7 Å². The molecule has 32 heavy (non-hydrogen) atoms. The van der Waals surface area contributed by atoms with Crippen molar-refractivity contribution in [1.82, 2.24) is 10.0 Å². The quantitative estimate of drug-likeness (QED) is 0.565. The third-order valence-electron chi connectivity index (χ3n) is 5.14. The normalized spacial score (nSPS) is 18.4. The van der Waals surface area contributed by atoms with Crippen LogP contribution in [0.25, 0.3) is 0 Å². The van der Waals surface area contributed by atoms with Gasteiger partial charge in [0.15, 0.2) is 6.10 Å². The zero-order valence-electron chi connectivity index (χ0n) is 19.6. The highest BCUT2D eigenvalue weighted by molar-refractivity contribution is 8.03. The zero-order valence-corrected chi connectivity index (χ0v) is 20.5. The highest BCUT2D eigenvalue weighted by Crippen LogP contribution is 2.34. The molecule has 176 valence electrons. The molecule has 1 N–H and O–H groups in total. The van der Waals surface area contributed by atoms with Gasteiger partial charge < -0.3 is 9.84 Å². The Morgan fingerprint density at radius 3 is 2.31 bits per heavy atom. The summed E-state index contributed by atoms with van der Waals surface area (Å²) in [6.45, 7) is 10.5. The van der Waals surface area contributed by atoms with Crippen LogP contribution in [0.15, 0.2) is 41.4 Å². The number of carbonyl (C=O) groups excluding carboxylic acids is 3. The van der Waals surface area contributed by atoms with Crippen molar-refractivity contribution in [2.45, 2.75) is 77.9 Å². The van der Waals surface area contributed by atoms with Gasteiger partial charge in [0.1, 0.15) is 0 Å². The minimum absolute atomic E-state index is 0.0434. The number of hydrogen-bond donors (Lipinski definition) is 1. The van der Waals surface area contributed by atoms with Crippen LogP contribution in [0.1, 0.15) is 53.5 Å². The number of thioether (sulfide) groups is 1. The van der Waals surface area contributed by atoms with E-state index in [2.05, 4.69) is 0 Å². The fourth-order valence-corrected chi connectivity index (χ4v) is 4.71. The van der Waals surface area contributed by atoms with Crippen LogP contribution >= 0.6 is 11.8 Å². The first-order valence-corrected chi connectivity index (χ1v) is 11.9. The Labute approximate surface area is 194 Å². The molecule has 0 spiro atoms. The average Bonchev–Trinajstić information content (AvgIpc) is 2.73. The van der Waals surface area contributed by atoms with Gasteiger partial charge >= 0.3 is 5.97 Å². The van der Waals surface area contributed by atoms with E-state index in [0.717, 1.165) is 5.56 Å². The first-order chi connectivity index (χ1) is 15.1. The van der Waals surface area contributed by atoms with E-state index in [-0.39, 0.29) is 23.5 Å². The van der Waals surface area contributed by atoms with Crippen LogP contribution in [0.3, 0.4) is 0 Å². The maximum absolute atomic E-state index is 13.5. The van der Waals surface area contributed by atoms with Crippen molar-refractivity contribution in [1.29, 1.82) is 0 Å². The number of aliphatic hydroxyl groups is 1. The molecule has 0 fully saturated rings. The number of hydrazine groups is 1. The van der Waals surface area contributed by atoms with Gasteiger partial charge in [0.2, 0.25) is 5.91 Å². The van der Waals surface area contributed by atoms with Crippen molar-refractivity contribution >= 4 is 29.5 Å². The predicted octanol–water partition coefficient (Wildman–Crippen LogP) is 3.53. The molecule has 2 rings (SSSR count). The molecular weight excluding hydrogens is 428 g/mol. The zero-order chi connectivity index (χ0) is 24.0. The molecule has 1 aromatic rings. The second-order valence-electron chi connectivity index (χ2n) is 8.46. The van der Waals surface area contributed by atoms with Gasteiger partial charge in [-0.2, -0.15) is 0 Å². The number of rotatable bonds is 9. The number of allylic oxidation sites excluding steroid dienone is 1. The van der Waals surface area contributed by atoms with Gasteiger partial charge in [-0.1, -0.05) is 51.1 Å². The summed E-state index contributed by atoms with van der Waals surface area (Å²) >= 11 is 1.44. The topological polar surface area (TPSA) is 87.2 Å². The summed E-state index contributed by atoms with van der Waals surface area (Å²) in [4.78, 5) is 39.1. The summed E-state index contributed by atoms with van der Waals surface area (Å²) in [5, 5.41) is 15.2. The molecule has 0 radical (unpaired) electrons. The minimum atomic E-state index is -1.63. The van der Waals surface area contributed by atoms with E-state index >= 15 is 0 Å². The highest BCUT2D eigenvalue weighted by atomic mass is 32.2. The first-order valence-electron chi connectivity index (χ1n) is 11.0. The van der Waals surface area contributed by atoms with Crippen LogP contribution in [0.5, 0.6) is 0 Å². The molecule has 0 saturated carbocycles. The van der Waals surface area contributed by atoms with Gasteiger partial charge in [-0.3, -0.25) is 9.59 Å². The molecular formula is C24H34N2O5S. The minimum Gasteiger partial charge on any atom is -0.461 e. The van der Waals surface area contributed by atoms with E-state index in [1.807, 2.05) is 56.5 Å². The Hall–Kier alpha value is -2.32. The SMILES string of the molecule is CCC1=CSC(C(C)C)C(=O)N1N(C(C)=O)[C@@H](Cc1ccccc1)C(O)C(=O)OC(C)C. The fraction of sp³-hybridized carbons (Fsp3) is 0.542. The average molecular weight is 463 g/mol. The number of benzene rings is 1. The van der Waals surface area contributed by atoms with Crippen LogP contribution in [-0.4, -0.2) is 56.4 Å². The Morgan fingerprint density at radius 2 is 1.81 bits per heavy atom. The van der Waals surface area contributed by atoms with Crippen LogP contribution in [0, 0.1) is 5.92 Å². The van der Waals surface area contributed by atoms with Crippen molar-refractivity contribution in [2.24, 2.45) is 5.92 Å². The molecule has 7 nitrogen and oxygen atoms in total. The third kappa shape index (κ3) is 6.13. The van der Waals surface area contributed by atoms with Gasteiger partial charge in [-0.15, -0.1) is 11.8 Å². The van der Waals surface area contributed by atoms with Crippen molar-refractivity contribution in [3.63, 3.8) is 0 Å².